The Balaban J connectivity index is 3.37. The van der Waals surface area contributed by atoms with Gasteiger partial charge in [-0.3, -0.25) is 14.2 Å². The summed E-state index contributed by atoms with van der Waals surface area (Å²) in [6, 6.07) is 0.986. The fourth-order valence-electron chi connectivity index (χ4n) is 1.06. The van der Waals surface area contributed by atoms with Crippen LogP contribution in [-0.4, -0.2) is 20.7 Å². The molecule has 0 spiro atoms. The fraction of sp³-hybridized carbons (Fsp3) is 0.250. The highest BCUT2D eigenvalue weighted by molar-refractivity contribution is 5.77. The van der Waals surface area contributed by atoms with Gasteiger partial charge in [0.1, 0.15) is 5.75 Å². The smallest absolute Gasteiger partial charge is 0.260 e. The minimum absolute atomic E-state index is 0.113. The highest BCUT2D eigenvalue weighted by Crippen LogP contribution is 2.18. The van der Waals surface area contributed by atoms with Gasteiger partial charge in [0.15, 0.2) is 5.88 Å². The van der Waals surface area contributed by atoms with Crippen LogP contribution < -0.4 is 11.3 Å². The Labute approximate surface area is 79.2 Å². The predicted molar refractivity (Wildman–Crippen MR) is 47.9 cm³/mol. The first-order valence-electron chi connectivity index (χ1n) is 3.82. The molecule has 1 heterocycles. The Hall–Kier alpha value is -1.98. The quantitative estimate of drug-likeness (QED) is 0.556. The summed E-state index contributed by atoms with van der Waals surface area (Å²) >= 11 is 0. The summed E-state index contributed by atoms with van der Waals surface area (Å²) in [5.41, 5.74) is 4.14. The van der Waals surface area contributed by atoms with Crippen LogP contribution >= 0.6 is 0 Å². The standard InChI is InChI=1S/C8H10N2O4/c1-10-7(13)3-5(11)4(8(10)14)2-6(9)12/h3,11,13H,2H2,1H3,(H2,9,12). The molecule has 6 heteroatoms. The number of carbonyl (C=O) groups is 1. The van der Waals surface area contributed by atoms with E-state index in [0.717, 1.165) is 10.6 Å². The molecule has 0 aliphatic rings. The number of hydrogen-bond acceptors (Lipinski definition) is 4. The van der Waals surface area contributed by atoms with Crippen molar-refractivity contribution in [2.24, 2.45) is 12.8 Å². The molecule has 14 heavy (non-hydrogen) atoms. The summed E-state index contributed by atoms with van der Waals surface area (Å²) in [5.74, 6) is -1.52. The molecule has 0 fully saturated rings. The molecule has 0 aliphatic carbocycles. The number of hydrogen-bond donors (Lipinski definition) is 3. The van der Waals surface area contributed by atoms with E-state index >= 15 is 0 Å². The molecule has 0 aromatic carbocycles. The average Bonchev–Trinajstić information content (AvgIpc) is 2.09. The summed E-state index contributed by atoms with van der Waals surface area (Å²) in [5, 5.41) is 18.4. The van der Waals surface area contributed by atoms with E-state index in [9.17, 15) is 14.7 Å². The highest BCUT2D eigenvalue weighted by Gasteiger charge is 2.13. The molecule has 76 valence electrons. The molecule has 0 aliphatic heterocycles. The molecule has 1 amide bonds. The summed E-state index contributed by atoms with van der Waals surface area (Å²) in [4.78, 5) is 22.0. The van der Waals surface area contributed by atoms with Gasteiger partial charge in [0, 0.05) is 13.1 Å². The molecule has 0 atom stereocenters. The minimum Gasteiger partial charge on any atom is -0.507 e. The number of pyridine rings is 1. The van der Waals surface area contributed by atoms with Crippen LogP contribution in [0.4, 0.5) is 0 Å². The number of nitrogens with two attached hydrogens (primary N) is 1. The molecule has 6 nitrogen and oxygen atoms in total. The van der Waals surface area contributed by atoms with Gasteiger partial charge in [-0.05, 0) is 0 Å². The van der Waals surface area contributed by atoms with Gasteiger partial charge < -0.3 is 15.9 Å². The average molecular weight is 198 g/mol. The second-order valence-corrected chi connectivity index (χ2v) is 2.87. The number of amides is 1. The zero-order valence-corrected chi connectivity index (χ0v) is 7.52. The lowest BCUT2D eigenvalue weighted by atomic mass is 10.2. The summed E-state index contributed by atoms with van der Waals surface area (Å²) in [6.45, 7) is 0. The minimum atomic E-state index is -0.719. The number of primary amides is 1. The summed E-state index contributed by atoms with van der Waals surface area (Å²) in [7, 11) is 1.32. The van der Waals surface area contributed by atoms with Crippen molar-refractivity contribution in [3.63, 3.8) is 0 Å². The molecule has 1 rings (SSSR count). The third-order valence-corrected chi connectivity index (χ3v) is 1.83. The maximum Gasteiger partial charge on any atom is 0.260 e. The van der Waals surface area contributed by atoms with E-state index in [2.05, 4.69) is 0 Å². The lowest BCUT2D eigenvalue weighted by Crippen LogP contribution is -2.25. The summed E-state index contributed by atoms with van der Waals surface area (Å²) < 4.78 is 0.915. The van der Waals surface area contributed by atoms with Crippen LogP contribution in [0.2, 0.25) is 0 Å². The number of carbonyl (C=O) groups excluding carboxylic acids is 1. The predicted octanol–water partition coefficient (Wildman–Crippen LogP) is -1.18. The van der Waals surface area contributed by atoms with Crippen molar-refractivity contribution in [1.82, 2.24) is 4.57 Å². The van der Waals surface area contributed by atoms with Crippen molar-refractivity contribution in [3.05, 3.63) is 22.0 Å². The molecule has 1 aromatic heterocycles. The first kappa shape index (κ1) is 10.1. The van der Waals surface area contributed by atoms with Gasteiger partial charge in [0.2, 0.25) is 5.91 Å². The lowest BCUT2D eigenvalue weighted by Gasteiger charge is -2.06. The largest absolute Gasteiger partial charge is 0.507 e. The molecule has 0 saturated heterocycles. The molecular formula is C8H10N2O4. The second-order valence-electron chi connectivity index (χ2n) is 2.87. The number of nitrogens with zero attached hydrogens (tertiary/aromatic N) is 1. The Morgan fingerprint density at radius 2 is 2.14 bits per heavy atom. The Kier molecular flexibility index (Phi) is 2.46. The molecule has 0 bridgehead atoms. The topological polar surface area (TPSA) is 106 Å². The van der Waals surface area contributed by atoms with Crippen LogP contribution in [0.3, 0.4) is 0 Å². The normalized spacial score (nSPS) is 10.1. The number of aromatic hydroxyl groups is 2. The van der Waals surface area contributed by atoms with Crippen molar-refractivity contribution in [3.8, 4) is 11.6 Å². The van der Waals surface area contributed by atoms with Gasteiger partial charge in [0.25, 0.3) is 5.56 Å². The molecule has 0 saturated carbocycles. The Bertz CT molecular complexity index is 436. The zero-order chi connectivity index (χ0) is 10.9. The molecule has 4 N–H and O–H groups in total. The van der Waals surface area contributed by atoms with Crippen LogP contribution in [0.1, 0.15) is 5.56 Å². The maximum absolute atomic E-state index is 11.4. The van der Waals surface area contributed by atoms with Crippen molar-refractivity contribution < 1.29 is 15.0 Å². The van der Waals surface area contributed by atoms with Crippen LogP contribution in [0.5, 0.6) is 11.6 Å². The van der Waals surface area contributed by atoms with Crippen molar-refractivity contribution >= 4 is 5.91 Å². The molecule has 0 unspecified atom stereocenters. The van der Waals surface area contributed by atoms with Gasteiger partial charge in [-0.1, -0.05) is 0 Å². The van der Waals surface area contributed by atoms with Crippen molar-refractivity contribution in [1.29, 1.82) is 0 Å². The Morgan fingerprint density at radius 1 is 1.57 bits per heavy atom. The van der Waals surface area contributed by atoms with Crippen LogP contribution in [-0.2, 0) is 18.3 Å². The highest BCUT2D eigenvalue weighted by atomic mass is 16.3. The van der Waals surface area contributed by atoms with Crippen molar-refractivity contribution in [2.75, 3.05) is 0 Å². The first-order chi connectivity index (χ1) is 6.43. The van der Waals surface area contributed by atoms with E-state index in [-0.39, 0.29) is 17.9 Å². The van der Waals surface area contributed by atoms with E-state index < -0.39 is 17.2 Å². The zero-order valence-electron chi connectivity index (χ0n) is 7.52. The Morgan fingerprint density at radius 3 is 2.64 bits per heavy atom. The van der Waals surface area contributed by atoms with Gasteiger partial charge >= 0.3 is 0 Å². The maximum atomic E-state index is 11.4. The van der Waals surface area contributed by atoms with Crippen molar-refractivity contribution in [2.45, 2.75) is 6.42 Å². The molecule has 0 radical (unpaired) electrons. The van der Waals surface area contributed by atoms with E-state index in [1.54, 1.807) is 0 Å². The third kappa shape index (κ3) is 1.68. The second kappa shape index (κ2) is 3.41. The fourth-order valence-corrected chi connectivity index (χ4v) is 1.06. The summed E-state index contributed by atoms with van der Waals surface area (Å²) in [6.07, 6.45) is -0.348. The van der Waals surface area contributed by atoms with E-state index in [4.69, 9.17) is 10.8 Å². The van der Waals surface area contributed by atoms with E-state index in [1.807, 2.05) is 0 Å². The van der Waals surface area contributed by atoms with Gasteiger partial charge in [-0.25, -0.2) is 0 Å². The first-order valence-corrected chi connectivity index (χ1v) is 3.82. The van der Waals surface area contributed by atoms with Crippen LogP contribution in [0.25, 0.3) is 0 Å². The van der Waals surface area contributed by atoms with Gasteiger partial charge in [-0.2, -0.15) is 0 Å². The van der Waals surface area contributed by atoms with Gasteiger partial charge in [-0.15, -0.1) is 0 Å². The van der Waals surface area contributed by atoms with E-state index in [1.165, 1.54) is 7.05 Å². The number of aromatic nitrogens is 1. The SMILES string of the molecule is Cn1c(O)cc(O)c(CC(N)=O)c1=O. The van der Waals surface area contributed by atoms with Gasteiger partial charge in [0.05, 0.1) is 12.0 Å². The third-order valence-electron chi connectivity index (χ3n) is 1.83. The monoisotopic (exact) mass is 198 g/mol. The molecular weight excluding hydrogens is 188 g/mol. The van der Waals surface area contributed by atoms with Crippen LogP contribution in [0.15, 0.2) is 10.9 Å². The molecule has 1 aromatic rings. The van der Waals surface area contributed by atoms with E-state index in [0.29, 0.717) is 0 Å². The lowest BCUT2D eigenvalue weighted by molar-refractivity contribution is -0.117. The number of rotatable bonds is 2. The van der Waals surface area contributed by atoms with Crippen LogP contribution in [0, 0.1) is 0 Å².